The van der Waals surface area contributed by atoms with Crippen molar-refractivity contribution in [2.24, 2.45) is 0 Å². The van der Waals surface area contributed by atoms with Gasteiger partial charge < -0.3 is 19.7 Å². The molecule has 9 nitrogen and oxygen atoms in total. The molecule has 3 heterocycles. The molecule has 0 spiro atoms. The first-order valence-electron chi connectivity index (χ1n) is 10.7. The number of pyridine rings is 1. The number of rotatable bonds is 8. The summed E-state index contributed by atoms with van der Waals surface area (Å²) in [6, 6.07) is 12.0. The number of piperazine rings is 1. The Bertz CT molecular complexity index is 1240. The zero-order valence-electron chi connectivity index (χ0n) is 18.9. The van der Waals surface area contributed by atoms with Crippen LogP contribution in [0.1, 0.15) is 15.2 Å². The number of aromatic nitrogens is 1. The first-order chi connectivity index (χ1) is 16.4. The molecule has 1 N–H and O–H groups in total. The predicted molar refractivity (Wildman–Crippen MR) is 130 cm³/mol. The Morgan fingerprint density at radius 1 is 1.09 bits per heavy atom. The first kappa shape index (κ1) is 24.0. The van der Waals surface area contributed by atoms with Crippen LogP contribution in [0.4, 0.5) is 5.82 Å². The summed E-state index contributed by atoms with van der Waals surface area (Å²) in [4.78, 5) is 20.4. The molecule has 180 valence electrons. The third kappa shape index (κ3) is 5.01. The van der Waals surface area contributed by atoms with Crippen LogP contribution >= 0.6 is 11.3 Å². The monoisotopic (exact) mass is 502 g/mol. The van der Waals surface area contributed by atoms with Crippen molar-refractivity contribution in [3.63, 3.8) is 0 Å². The Labute approximate surface area is 203 Å². The van der Waals surface area contributed by atoms with Crippen LogP contribution in [0.2, 0.25) is 0 Å². The Morgan fingerprint density at radius 3 is 2.56 bits per heavy atom. The third-order valence-corrected chi connectivity index (χ3v) is 8.38. The number of amides is 1. The van der Waals surface area contributed by atoms with Crippen molar-refractivity contribution in [3.05, 3.63) is 64.5 Å². The van der Waals surface area contributed by atoms with E-state index < -0.39 is 10.0 Å². The van der Waals surface area contributed by atoms with E-state index in [-0.39, 0.29) is 29.6 Å². The van der Waals surface area contributed by atoms with Crippen LogP contribution in [0.25, 0.3) is 0 Å². The number of carbonyl (C=O) groups excluding carboxylic acids is 1. The lowest BCUT2D eigenvalue weighted by molar-refractivity contribution is 0.0951. The summed E-state index contributed by atoms with van der Waals surface area (Å²) < 4.78 is 38.5. The lowest BCUT2D eigenvalue weighted by Crippen LogP contribution is -2.49. The summed E-state index contributed by atoms with van der Waals surface area (Å²) >= 11 is 1.58. The van der Waals surface area contributed by atoms with E-state index in [2.05, 4.69) is 10.3 Å². The minimum Gasteiger partial charge on any atom is -0.497 e. The Hall–Kier alpha value is -3.15. The standard InChI is InChI=1S/C23H26N4O5S2/c1-31-17-7-8-21(20(15-17)32-2)34(29,30)27-12-10-26(11-13-27)22-19(6-3-9-24-22)23(28)25-16-18-5-4-14-33-18/h3-9,14-15H,10-13,16H2,1-2H3,(H,25,28). The minimum absolute atomic E-state index is 0.0933. The molecule has 1 amide bonds. The fourth-order valence-electron chi connectivity index (χ4n) is 3.77. The lowest BCUT2D eigenvalue weighted by Gasteiger charge is -2.35. The molecule has 1 fully saturated rings. The van der Waals surface area contributed by atoms with Crippen LogP contribution in [-0.4, -0.2) is 64.0 Å². The highest BCUT2D eigenvalue weighted by atomic mass is 32.2. The molecule has 0 atom stereocenters. The minimum atomic E-state index is -3.77. The van der Waals surface area contributed by atoms with Gasteiger partial charge in [-0.05, 0) is 35.7 Å². The van der Waals surface area contributed by atoms with E-state index in [1.807, 2.05) is 22.4 Å². The number of nitrogens with zero attached hydrogens (tertiary/aromatic N) is 3. The van der Waals surface area contributed by atoms with E-state index in [9.17, 15) is 13.2 Å². The fraction of sp³-hybridized carbons (Fsp3) is 0.304. The molecule has 34 heavy (non-hydrogen) atoms. The maximum atomic E-state index is 13.3. The van der Waals surface area contributed by atoms with E-state index in [1.54, 1.807) is 41.8 Å². The molecule has 1 aliphatic heterocycles. The zero-order valence-corrected chi connectivity index (χ0v) is 20.6. The van der Waals surface area contributed by atoms with Crippen molar-refractivity contribution in [2.45, 2.75) is 11.4 Å². The summed E-state index contributed by atoms with van der Waals surface area (Å²) in [5.74, 6) is 1.08. The number of sulfonamides is 1. The van der Waals surface area contributed by atoms with Gasteiger partial charge in [-0.3, -0.25) is 4.79 Å². The maximum Gasteiger partial charge on any atom is 0.255 e. The normalized spacial score (nSPS) is 14.6. The summed E-state index contributed by atoms with van der Waals surface area (Å²) in [6.07, 6.45) is 1.64. The van der Waals surface area contributed by atoms with Crippen LogP contribution in [0.3, 0.4) is 0 Å². The summed E-state index contributed by atoms with van der Waals surface area (Å²) in [5, 5.41) is 4.90. The van der Waals surface area contributed by atoms with Gasteiger partial charge in [0.25, 0.3) is 5.91 Å². The van der Waals surface area contributed by atoms with Crippen molar-refractivity contribution in [3.8, 4) is 11.5 Å². The number of hydrogen-bond donors (Lipinski definition) is 1. The van der Waals surface area contributed by atoms with E-state index in [1.165, 1.54) is 24.6 Å². The molecule has 4 rings (SSSR count). The molecule has 0 saturated carbocycles. The van der Waals surface area contributed by atoms with Gasteiger partial charge in [-0.2, -0.15) is 4.31 Å². The van der Waals surface area contributed by atoms with Gasteiger partial charge in [0.2, 0.25) is 10.0 Å². The SMILES string of the molecule is COc1ccc(S(=O)(=O)N2CCN(c3ncccc3C(=O)NCc3cccs3)CC2)c(OC)c1. The number of ether oxygens (including phenoxy) is 2. The largest absolute Gasteiger partial charge is 0.497 e. The first-order valence-corrected chi connectivity index (χ1v) is 13.0. The number of hydrogen-bond acceptors (Lipinski definition) is 8. The van der Waals surface area contributed by atoms with E-state index in [0.29, 0.717) is 36.8 Å². The molecule has 2 aromatic heterocycles. The van der Waals surface area contributed by atoms with Gasteiger partial charge in [-0.1, -0.05) is 6.07 Å². The number of benzene rings is 1. The summed E-state index contributed by atoms with van der Waals surface area (Å²) in [7, 11) is -0.829. The molecule has 0 radical (unpaired) electrons. The molecule has 3 aromatic rings. The maximum absolute atomic E-state index is 13.3. The Morgan fingerprint density at radius 2 is 1.88 bits per heavy atom. The van der Waals surface area contributed by atoms with Crippen LogP contribution < -0.4 is 19.7 Å². The second-order valence-corrected chi connectivity index (χ2v) is 10.5. The van der Waals surface area contributed by atoms with Crippen molar-refractivity contribution in [2.75, 3.05) is 45.3 Å². The smallest absolute Gasteiger partial charge is 0.255 e. The number of carbonyl (C=O) groups is 1. The van der Waals surface area contributed by atoms with E-state index in [4.69, 9.17) is 9.47 Å². The molecule has 0 bridgehead atoms. The number of thiophene rings is 1. The second-order valence-electron chi connectivity index (χ2n) is 7.54. The third-order valence-electron chi connectivity index (χ3n) is 5.56. The fourth-order valence-corrected chi connectivity index (χ4v) is 5.97. The van der Waals surface area contributed by atoms with Crippen molar-refractivity contribution < 1.29 is 22.7 Å². The van der Waals surface area contributed by atoms with Gasteiger partial charge in [-0.15, -0.1) is 11.3 Å². The molecular formula is C23H26N4O5S2. The van der Waals surface area contributed by atoms with Crippen LogP contribution in [0.5, 0.6) is 11.5 Å². The van der Waals surface area contributed by atoms with Crippen molar-refractivity contribution in [1.82, 2.24) is 14.6 Å². The number of methoxy groups -OCH3 is 2. The van der Waals surface area contributed by atoms with Gasteiger partial charge in [0.05, 0.1) is 26.3 Å². The molecule has 0 aliphatic carbocycles. The average molecular weight is 503 g/mol. The van der Waals surface area contributed by atoms with E-state index >= 15 is 0 Å². The average Bonchev–Trinajstić information content (AvgIpc) is 3.40. The van der Waals surface area contributed by atoms with Gasteiger partial charge in [0, 0.05) is 43.3 Å². The molecule has 1 aliphatic rings. The van der Waals surface area contributed by atoms with Crippen LogP contribution in [0.15, 0.2) is 58.9 Å². The highest BCUT2D eigenvalue weighted by Crippen LogP contribution is 2.31. The highest BCUT2D eigenvalue weighted by Gasteiger charge is 2.32. The van der Waals surface area contributed by atoms with Crippen molar-refractivity contribution >= 4 is 33.1 Å². The molecule has 1 saturated heterocycles. The summed E-state index contributed by atoms with van der Waals surface area (Å²) in [5.41, 5.74) is 0.465. The highest BCUT2D eigenvalue weighted by molar-refractivity contribution is 7.89. The van der Waals surface area contributed by atoms with Gasteiger partial charge >= 0.3 is 0 Å². The molecule has 1 aromatic carbocycles. The molecule has 0 unspecified atom stereocenters. The van der Waals surface area contributed by atoms with Gasteiger partial charge in [-0.25, -0.2) is 13.4 Å². The number of anilines is 1. The molecular weight excluding hydrogens is 476 g/mol. The Kier molecular flexibility index (Phi) is 7.35. The lowest BCUT2D eigenvalue weighted by atomic mass is 10.2. The van der Waals surface area contributed by atoms with Gasteiger partial charge in [0.1, 0.15) is 22.2 Å². The van der Waals surface area contributed by atoms with E-state index in [0.717, 1.165) is 4.88 Å². The predicted octanol–water partition coefficient (Wildman–Crippen LogP) is 2.60. The van der Waals surface area contributed by atoms with Crippen LogP contribution in [-0.2, 0) is 16.6 Å². The van der Waals surface area contributed by atoms with Crippen LogP contribution in [0, 0.1) is 0 Å². The Balaban J connectivity index is 1.47. The zero-order chi connectivity index (χ0) is 24.1. The van der Waals surface area contributed by atoms with Crippen molar-refractivity contribution in [1.29, 1.82) is 0 Å². The summed E-state index contributed by atoms with van der Waals surface area (Å²) in [6.45, 7) is 1.76. The molecule has 11 heteroatoms. The van der Waals surface area contributed by atoms with Gasteiger partial charge in [0.15, 0.2) is 0 Å². The number of nitrogens with one attached hydrogen (secondary N) is 1. The topological polar surface area (TPSA) is 101 Å². The quantitative estimate of drug-likeness (QED) is 0.505. The second kappa shape index (κ2) is 10.4.